The predicted octanol–water partition coefficient (Wildman–Crippen LogP) is 4.97. The number of thiazole rings is 1. The van der Waals surface area contributed by atoms with Crippen LogP contribution in [0.3, 0.4) is 0 Å². The predicted molar refractivity (Wildman–Crippen MR) is 100 cm³/mol. The standard InChI is InChI=1S/C17H17ClN2O2S2/c1-3-10-20-15-11(22-4-2)6-5-7-12(15)24-17(20)19-16(21)13-8-9-14(18)23-13/h5-9H,3-4,10H2,1-2H3. The summed E-state index contributed by atoms with van der Waals surface area (Å²) in [7, 11) is 0. The Morgan fingerprint density at radius 2 is 2.08 bits per heavy atom. The molecular weight excluding hydrogens is 364 g/mol. The summed E-state index contributed by atoms with van der Waals surface area (Å²) in [6.45, 7) is 5.44. The van der Waals surface area contributed by atoms with Crippen molar-refractivity contribution in [1.82, 2.24) is 4.57 Å². The average Bonchev–Trinajstić information content (AvgIpc) is 3.13. The monoisotopic (exact) mass is 380 g/mol. The molecule has 0 fully saturated rings. The minimum atomic E-state index is -0.263. The number of carbonyl (C=O) groups is 1. The SMILES string of the molecule is CCCn1c(=NC(=O)c2ccc(Cl)s2)sc2cccc(OCC)c21. The number of benzene rings is 1. The van der Waals surface area contributed by atoms with E-state index >= 15 is 0 Å². The van der Waals surface area contributed by atoms with Gasteiger partial charge in [0.15, 0.2) is 4.80 Å². The Morgan fingerprint density at radius 3 is 2.75 bits per heavy atom. The number of fused-ring (bicyclic) bond motifs is 1. The fourth-order valence-electron chi connectivity index (χ4n) is 2.46. The van der Waals surface area contributed by atoms with Crippen LogP contribution in [0.4, 0.5) is 0 Å². The topological polar surface area (TPSA) is 43.6 Å². The highest BCUT2D eigenvalue weighted by atomic mass is 35.5. The number of halogens is 1. The summed E-state index contributed by atoms with van der Waals surface area (Å²) in [5.41, 5.74) is 1.00. The van der Waals surface area contributed by atoms with Gasteiger partial charge in [0.05, 0.1) is 20.5 Å². The van der Waals surface area contributed by atoms with Crippen LogP contribution in [0, 0.1) is 0 Å². The lowest BCUT2D eigenvalue weighted by atomic mass is 10.3. The summed E-state index contributed by atoms with van der Waals surface area (Å²) < 4.78 is 9.47. The second-order valence-corrected chi connectivity index (χ2v) is 7.82. The van der Waals surface area contributed by atoms with Gasteiger partial charge in [-0.15, -0.1) is 11.3 Å². The molecule has 0 aliphatic heterocycles. The molecule has 126 valence electrons. The van der Waals surface area contributed by atoms with E-state index in [0.29, 0.717) is 20.6 Å². The third-order valence-electron chi connectivity index (χ3n) is 3.39. The Balaban J connectivity index is 2.16. The lowest BCUT2D eigenvalue weighted by Crippen LogP contribution is -2.17. The molecule has 0 radical (unpaired) electrons. The van der Waals surface area contributed by atoms with E-state index in [4.69, 9.17) is 16.3 Å². The van der Waals surface area contributed by atoms with Crippen LogP contribution in [-0.4, -0.2) is 17.1 Å². The highest BCUT2D eigenvalue weighted by molar-refractivity contribution is 7.18. The third kappa shape index (κ3) is 3.41. The smallest absolute Gasteiger partial charge is 0.289 e. The van der Waals surface area contributed by atoms with E-state index in [9.17, 15) is 4.79 Å². The van der Waals surface area contributed by atoms with E-state index in [-0.39, 0.29) is 5.91 Å². The molecule has 0 aliphatic carbocycles. The molecule has 0 N–H and O–H groups in total. The van der Waals surface area contributed by atoms with Gasteiger partial charge in [-0.3, -0.25) is 4.79 Å². The first kappa shape index (κ1) is 17.2. The molecule has 0 saturated heterocycles. The zero-order chi connectivity index (χ0) is 17.1. The number of thiophene rings is 1. The second-order valence-electron chi connectivity index (χ2n) is 5.09. The van der Waals surface area contributed by atoms with Gasteiger partial charge >= 0.3 is 0 Å². The zero-order valence-corrected chi connectivity index (χ0v) is 15.8. The van der Waals surface area contributed by atoms with Crippen LogP contribution in [0.15, 0.2) is 35.3 Å². The van der Waals surface area contributed by atoms with Crippen molar-refractivity contribution in [3.05, 3.63) is 44.3 Å². The summed E-state index contributed by atoms with van der Waals surface area (Å²) in [6.07, 6.45) is 0.943. The van der Waals surface area contributed by atoms with Gasteiger partial charge in [0, 0.05) is 6.54 Å². The number of nitrogens with zero attached hydrogens (tertiary/aromatic N) is 2. The normalized spacial score (nSPS) is 12.0. The van der Waals surface area contributed by atoms with E-state index in [1.807, 2.05) is 25.1 Å². The minimum absolute atomic E-state index is 0.263. The van der Waals surface area contributed by atoms with Gasteiger partial charge in [-0.2, -0.15) is 4.99 Å². The second kappa shape index (κ2) is 7.51. The van der Waals surface area contributed by atoms with Gasteiger partial charge in [-0.05, 0) is 37.6 Å². The molecule has 4 nitrogen and oxygen atoms in total. The molecule has 0 atom stereocenters. The summed E-state index contributed by atoms with van der Waals surface area (Å²) in [4.78, 5) is 18.0. The zero-order valence-electron chi connectivity index (χ0n) is 13.4. The maximum atomic E-state index is 12.4. The first-order valence-corrected chi connectivity index (χ1v) is 9.74. The third-order valence-corrected chi connectivity index (χ3v) is 5.66. The number of rotatable bonds is 5. The number of para-hydroxylation sites is 1. The van der Waals surface area contributed by atoms with Gasteiger partial charge in [0.25, 0.3) is 5.91 Å². The highest BCUT2D eigenvalue weighted by Gasteiger charge is 2.13. The van der Waals surface area contributed by atoms with Crippen LogP contribution in [0.5, 0.6) is 5.75 Å². The molecule has 2 heterocycles. The van der Waals surface area contributed by atoms with Gasteiger partial charge < -0.3 is 9.30 Å². The first-order valence-electron chi connectivity index (χ1n) is 7.73. The summed E-state index contributed by atoms with van der Waals surface area (Å²) in [5, 5.41) is 0. The minimum Gasteiger partial charge on any atom is -0.492 e. The van der Waals surface area contributed by atoms with Crippen molar-refractivity contribution < 1.29 is 9.53 Å². The number of aryl methyl sites for hydroxylation is 1. The van der Waals surface area contributed by atoms with Crippen LogP contribution in [0.2, 0.25) is 4.34 Å². The molecule has 0 unspecified atom stereocenters. The number of aromatic nitrogens is 1. The molecule has 2 aromatic heterocycles. The average molecular weight is 381 g/mol. The molecule has 1 amide bonds. The van der Waals surface area contributed by atoms with Gasteiger partial charge in [0.1, 0.15) is 11.3 Å². The van der Waals surface area contributed by atoms with Crippen molar-refractivity contribution >= 4 is 50.4 Å². The van der Waals surface area contributed by atoms with Crippen LogP contribution >= 0.6 is 34.3 Å². The van der Waals surface area contributed by atoms with E-state index in [1.54, 1.807) is 12.1 Å². The highest BCUT2D eigenvalue weighted by Crippen LogP contribution is 2.28. The Labute approximate surface area is 153 Å². The number of ether oxygens (including phenoxy) is 1. The Kier molecular flexibility index (Phi) is 5.38. The number of amides is 1. The van der Waals surface area contributed by atoms with Gasteiger partial charge in [0.2, 0.25) is 0 Å². The molecule has 24 heavy (non-hydrogen) atoms. The Hall–Kier alpha value is -1.63. The molecule has 3 aromatic rings. The van der Waals surface area contributed by atoms with E-state index < -0.39 is 0 Å². The fraction of sp³-hybridized carbons (Fsp3) is 0.294. The van der Waals surface area contributed by atoms with Crippen LogP contribution in [0.1, 0.15) is 29.9 Å². The van der Waals surface area contributed by atoms with Crippen LogP contribution in [-0.2, 0) is 6.54 Å². The summed E-state index contributed by atoms with van der Waals surface area (Å²) >= 11 is 8.66. The van der Waals surface area contributed by atoms with Crippen molar-refractivity contribution in [2.24, 2.45) is 4.99 Å². The van der Waals surface area contributed by atoms with Crippen molar-refractivity contribution in [2.75, 3.05) is 6.61 Å². The van der Waals surface area contributed by atoms with E-state index in [2.05, 4.69) is 16.5 Å². The molecule has 3 rings (SSSR count). The number of carbonyl (C=O) groups excluding carboxylic acids is 1. The van der Waals surface area contributed by atoms with Crippen molar-refractivity contribution in [1.29, 1.82) is 0 Å². The Morgan fingerprint density at radius 1 is 1.25 bits per heavy atom. The van der Waals surface area contributed by atoms with E-state index in [1.165, 1.54) is 22.7 Å². The number of hydrogen-bond donors (Lipinski definition) is 0. The van der Waals surface area contributed by atoms with Crippen molar-refractivity contribution in [2.45, 2.75) is 26.8 Å². The lowest BCUT2D eigenvalue weighted by Gasteiger charge is -2.08. The van der Waals surface area contributed by atoms with Crippen molar-refractivity contribution in [3.63, 3.8) is 0 Å². The van der Waals surface area contributed by atoms with Crippen LogP contribution < -0.4 is 9.54 Å². The summed E-state index contributed by atoms with van der Waals surface area (Å²) in [5.74, 6) is 0.564. The fourth-order valence-corrected chi connectivity index (χ4v) is 4.46. The molecule has 0 aliphatic rings. The quantitative estimate of drug-likeness (QED) is 0.627. The molecule has 0 bridgehead atoms. The molecule has 7 heteroatoms. The van der Waals surface area contributed by atoms with Gasteiger partial charge in [-0.25, -0.2) is 0 Å². The first-order chi connectivity index (χ1) is 11.6. The number of hydrogen-bond acceptors (Lipinski definition) is 4. The molecule has 0 spiro atoms. The van der Waals surface area contributed by atoms with Crippen LogP contribution in [0.25, 0.3) is 10.2 Å². The molecule has 0 saturated carbocycles. The molecule has 1 aromatic carbocycles. The maximum Gasteiger partial charge on any atom is 0.289 e. The molecular formula is C17H17ClN2O2S2. The van der Waals surface area contributed by atoms with Crippen molar-refractivity contribution in [3.8, 4) is 5.75 Å². The van der Waals surface area contributed by atoms with Gasteiger partial charge in [-0.1, -0.05) is 35.9 Å². The maximum absolute atomic E-state index is 12.4. The largest absolute Gasteiger partial charge is 0.492 e. The summed E-state index contributed by atoms with van der Waals surface area (Å²) in [6, 6.07) is 9.37. The van der Waals surface area contributed by atoms with E-state index in [0.717, 1.165) is 28.9 Å². The Bertz CT molecular complexity index is 940. The lowest BCUT2D eigenvalue weighted by molar-refractivity contribution is 0.100.